The van der Waals surface area contributed by atoms with Gasteiger partial charge < -0.3 is 15.2 Å². The van der Waals surface area contributed by atoms with Crippen molar-refractivity contribution in [3.05, 3.63) is 59.1 Å². The van der Waals surface area contributed by atoms with Gasteiger partial charge in [0.25, 0.3) is 0 Å². The minimum Gasteiger partial charge on any atom is -0.361 e. The predicted molar refractivity (Wildman–Crippen MR) is 99.1 cm³/mol. The molecule has 0 aliphatic heterocycles. The van der Waals surface area contributed by atoms with E-state index in [1.165, 1.54) is 0 Å². The molecule has 2 N–H and O–H groups in total. The van der Waals surface area contributed by atoms with Gasteiger partial charge in [-0.25, -0.2) is 9.97 Å². The monoisotopic (exact) mass is 353 g/mol. The van der Waals surface area contributed by atoms with Crippen LogP contribution in [0.5, 0.6) is 0 Å². The Balaban J connectivity index is 1.56. The van der Waals surface area contributed by atoms with E-state index >= 15 is 0 Å². The zero-order valence-electron chi connectivity index (χ0n) is 15.4. The van der Waals surface area contributed by atoms with Crippen molar-refractivity contribution in [2.75, 3.05) is 7.05 Å². The average Bonchev–Trinajstić information content (AvgIpc) is 3.22. The van der Waals surface area contributed by atoms with Crippen molar-refractivity contribution in [2.24, 2.45) is 4.99 Å². The number of rotatable bonds is 5. The number of nitrogens with zero attached hydrogens (tertiary/aromatic N) is 5. The SMILES string of the molecule is CN=C(NCc1ccc(-n2ccnc2C)nc1)NCc1c(C)noc1C. The second kappa shape index (κ2) is 7.81. The first kappa shape index (κ1) is 17.7. The van der Waals surface area contributed by atoms with Gasteiger partial charge in [0.15, 0.2) is 5.96 Å². The first-order valence-electron chi connectivity index (χ1n) is 8.40. The highest BCUT2D eigenvalue weighted by molar-refractivity contribution is 5.79. The minimum atomic E-state index is 0.609. The molecule has 0 atom stereocenters. The van der Waals surface area contributed by atoms with Crippen LogP contribution in [0.1, 0.15) is 28.4 Å². The lowest BCUT2D eigenvalue weighted by atomic mass is 10.2. The fourth-order valence-corrected chi connectivity index (χ4v) is 2.62. The van der Waals surface area contributed by atoms with Gasteiger partial charge in [-0.15, -0.1) is 0 Å². The van der Waals surface area contributed by atoms with Crippen LogP contribution < -0.4 is 10.6 Å². The molecule has 136 valence electrons. The summed E-state index contributed by atoms with van der Waals surface area (Å²) in [4.78, 5) is 13.0. The first-order chi connectivity index (χ1) is 12.6. The number of hydrogen-bond acceptors (Lipinski definition) is 5. The molecule has 3 rings (SSSR count). The fourth-order valence-electron chi connectivity index (χ4n) is 2.62. The van der Waals surface area contributed by atoms with Gasteiger partial charge >= 0.3 is 0 Å². The van der Waals surface area contributed by atoms with Crippen LogP contribution in [-0.4, -0.2) is 32.7 Å². The first-order valence-corrected chi connectivity index (χ1v) is 8.40. The lowest BCUT2D eigenvalue weighted by molar-refractivity contribution is 0.392. The lowest BCUT2D eigenvalue weighted by Crippen LogP contribution is -2.36. The number of hydrogen-bond donors (Lipinski definition) is 2. The summed E-state index contributed by atoms with van der Waals surface area (Å²) in [6.45, 7) is 7.02. The summed E-state index contributed by atoms with van der Waals surface area (Å²) in [6.07, 6.45) is 5.51. The standard InChI is InChI=1S/C18H23N7O/c1-12-16(13(2)26-24-12)11-23-18(19-4)22-10-15-5-6-17(21-9-15)25-8-7-20-14(25)3/h5-9H,10-11H2,1-4H3,(H2,19,22,23). The Morgan fingerprint density at radius 3 is 2.54 bits per heavy atom. The van der Waals surface area contributed by atoms with Crippen LogP contribution in [0.25, 0.3) is 5.82 Å². The topological polar surface area (TPSA) is 93.2 Å². The predicted octanol–water partition coefficient (Wildman–Crippen LogP) is 2.05. The van der Waals surface area contributed by atoms with Crippen LogP contribution in [0.2, 0.25) is 0 Å². The maximum Gasteiger partial charge on any atom is 0.191 e. The Kier molecular flexibility index (Phi) is 5.31. The Morgan fingerprint density at radius 2 is 1.96 bits per heavy atom. The summed E-state index contributed by atoms with van der Waals surface area (Å²) < 4.78 is 7.12. The Morgan fingerprint density at radius 1 is 1.15 bits per heavy atom. The van der Waals surface area contributed by atoms with E-state index in [1.54, 1.807) is 13.2 Å². The van der Waals surface area contributed by atoms with E-state index in [-0.39, 0.29) is 0 Å². The maximum absolute atomic E-state index is 5.18. The number of aliphatic imine (C=N–C) groups is 1. The molecule has 0 aromatic carbocycles. The normalized spacial score (nSPS) is 11.6. The molecule has 0 fully saturated rings. The minimum absolute atomic E-state index is 0.609. The summed E-state index contributed by atoms with van der Waals surface area (Å²) in [6, 6.07) is 4.02. The molecule has 8 heteroatoms. The highest BCUT2D eigenvalue weighted by Crippen LogP contribution is 2.11. The Hall–Kier alpha value is -3.16. The van der Waals surface area contributed by atoms with Crippen LogP contribution in [0.3, 0.4) is 0 Å². The summed E-state index contributed by atoms with van der Waals surface area (Å²) in [5, 5.41) is 10.5. The van der Waals surface area contributed by atoms with Gasteiger partial charge in [0.05, 0.1) is 5.69 Å². The number of guanidine groups is 1. The van der Waals surface area contributed by atoms with Crippen molar-refractivity contribution in [2.45, 2.75) is 33.9 Å². The number of pyridine rings is 1. The average molecular weight is 353 g/mol. The molecule has 0 radical (unpaired) electrons. The van der Waals surface area contributed by atoms with Gasteiger partial charge in [0, 0.05) is 44.3 Å². The van der Waals surface area contributed by atoms with Crippen LogP contribution in [0.4, 0.5) is 0 Å². The van der Waals surface area contributed by atoms with Gasteiger partial charge in [-0.3, -0.25) is 9.56 Å². The molecular formula is C18H23N7O. The summed E-state index contributed by atoms with van der Waals surface area (Å²) in [5.74, 6) is 3.29. The maximum atomic E-state index is 5.18. The fraction of sp³-hybridized carbons (Fsp3) is 0.333. The third-order valence-electron chi connectivity index (χ3n) is 4.18. The molecule has 26 heavy (non-hydrogen) atoms. The van der Waals surface area contributed by atoms with Gasteiger partial charge in [-0.1, -0.05) is 11.2 Å². The highest BCUT2D eigenvalue weighted by atomic mass is 16.5. The third kappa shape index (κ3) is 3.90. The largest absolute Gasteiger partial charge is 0.361 e. The summed E-state index contributed by atoms with van der Waals surface area (Å²) in [7, 11) is 1.74. The van der Waals surface area contributed by atoms with Crippen molar-refractivity contribution in [3.8, 4) is 5.82 Å². The Bertz CT molecular complexity index is 873. The molecule has 3 heterocycles. The molecule has 3 aromatic heterocycles. The quantitative estimate of drug-likeness (QED) is 0.539. The van der Waals surface area contributed by atoms with Crippen molar-refractivity contribution in [1.82, 2.24) is 30.3 Å². The molecule has 3 aromatic rings. The molecule has 0 spiro atoms. The van der Waals surface area contributed by atoms with E-state index in [1.807, 2.05) is 49.9 Å². The molecule has 0 saturated heterocycles. The van der Waals surface area contributed by atoms with Crippen LogP contribution in [0.15, 0.2) is 40.2 Å². The third-order valence-corrected chi connectivity index (χ3v) is 4.18. The van der Waals surface area contributed by atoms with E-state index < -0.39 is 0 Å². The van der Waals surface area contributed by atoms with E-state index in [9.17, 15) is 0 Å². The summed E-state index contributed by atoms with van der Waals surface area (Å²) in [5.41, 5.74) is 3.00. The second-order valence-corrected chi connectivity index (χ2v) is 5.95. The number of nitrogens with one attached hydrogen (secondary N) is 2. The Labute approximate surface area is 152 Å². The van der Waals surface area contributed by atoms with Crippen molar-refractivity contribution >= 4 is 5.96 Å². The van der Waals surface area contributed by atoms with Crippen molar-refractivity contribution in [1.29, 1.82) is 0 Å². The zero-order chi connectivity index (χ0) is 18.5. The van der Waals surface area contributed by atoms with Crippen LogP contribution in [0, 0.1) is 20.8 Å². The molecule has 0 saturated carbocycles. The van der Waals surface area contributed by atoms with E-state index in [0.29, 0.717) is 19.0 Å². The number of aromatic nitrogens is 4. The molecule has 0 amide bonds. The van der Waals surface area contributed by atoms with Crippen molar-refractivity contribution in [3.63, 3.8) is 0 Å². The van der Waals surface area contributed by atoms with Gasteiger partial charge in [0.1, 0.15) is 17.4 Å². The van der Waals surface area contributed by atoms with Crippen LogP contribution >= 0.6 is 0 Å². The molecule has 0 aliphatic carbocycles. The zero-order valence-corrected chi connectivity index (χ0v) is 15.4. The van der Waals surface area contributed by atoms with E-state index in [0.717, 1.165) is 34.2 Å². The summed E-state index contributed by atoms with van der Waals surface area (Å²) >= 11 is 0. The van der Waals surface area contributed by atoms with Crippen LogP contribution in [-0.2, 0) is 13.1 Å². The smallest absolute Gasteiger partial charge is 0.191 e. The highest BCUT2D eigenvalue weighted by Gasteiger charge is 2.09. The molecule has 0 unspecified atom stereocenters. The van der Waals surface area contributed by atoms with Gasteiger partial charge in [0.2, 0.25) is 0 Å². The van der Waals surface area contributed by atoms with Gasteiger partial charge in [-0.05, 0) is 32.4 Å². The second-order valence-electron chi connectivity index (χ2n) is 5.95. The molecular weight excluding hydrogens is 330 g/mol. The van der Waals surface area contributed by atoms with E-state index in [4.69, 9.17) is 4.52 Å². The number of aryl methyl sites for hydroxylation is 3. The van der Waals surface area contributed by atoms with E-state index in [2.05, 4.69) is 30.8 Å². The van der Waals surface area contributed by atoms with Crippen molar-refractivity contribution < 1.29 is 4.52 Å². The lowest BCUT2D eigenvalue weighted by Gasteiger charge is -2.12. The molecule has 8 nitrogen and oxygen atoms in total. The molecule has 0 aliphatic rings. The molecule has 0 bridgehead atoms. The van der Waals surface area contributed by atoms with Gasteiger partial charge in [-0.2, -0.15) is 0 Å². The number of imidazole rings is 1.